The fraction of sp³-hybridized carbons (Fsp3) is 0.400. The van der Waals surface area contributed by atoms with Crippen LogP contribution < -0.4 is 0 Å². The molecule has 2 aromatic heterocycles. The Bertz CT molecular complexity index is 1110. The lowest BCUT2D eigenvalue weighted by molar-refractivity contribution is -0.384. The summed E-state index contributed by atoms with van der Waals surface area (Å²) in [5.41, 5.74) is 3.48. The van der Waals surface area contributed by atoms with Crippen molar-refractivity contribution >= 4 is 29.1 Å². The summed E-state index contributed by atoms with van der Waals surface area (Å²) in [7, 11) is 1.72. The maximum absolute atomic E-state index is 12.8. The van der Waals surface area contributed by atoms with Gasteiger partial charge in [0.05, 0.1) is 11.0 Å². The van der Waals surface area contributed by atoms with Crippen LogP contribution in [0.4, 0.5) is 5.69 Å². The van der Waals surface area contributed by atoms with E-state index in [-0.39, 0.29) is 17.6 Å². The molecule has 0 N–H and O–H groups in total. The predicted octanol–water partition coefficient (Wildman–Crippen LogP) is 3.52. The summed E-state index contributed by atoms with van der Waals surface area (Å²) in [6.07, 6.45) is 2.74. The first kappa shape index (κ1) is 21.7. The topological polar surface area (TPSA) is 107 Å². The summed E-state index contributed by atoms with van der Waals surface area (Å²) in [6, 6.07) is 6.10. The molecule has 0 bridgehead atoms. The lowest BCUT2D eigenvalue weighted by Gasteiger charge is -2.25. The molecule has 0 fully saturated rings. The highest BCUT2D eigenvalue weighted by Crippen LogP contribution is 2.24. The monoisotopic (exact) mass is 428 g/mol. The van der Waals surface area contributed by atoms with Crippen LogP contribution in [0, 0.1) is 24.0 Å². The van der Waals surface area contributed by atoms with E-state index in [0.29, 0.717) is 23.8 Å². The van der Waals surface area contributed by atoms with Gasteiger partial charge in [-0.15, -0.1) is 5.10 Å². The van der Waals surface area contributed by atoms with E-state index in [0.717, 1.165) is 22.5 Å². The molecule has 0 aliphatic carbocycles. The van der Waals surface area contributed by atoms with Gasteiger partial charge in [-0.2, -0.15) is 4.98 Å². The third-order valence-electron chi connectivity index (χ3n) is 5.34. The Morgan fingerprint density at radius 1 is 1.33 bits per heavy atom. The first-order valence-electron chi connectivity index (χ1n) is 9.49. The number of nitrogens with zero attached hydrogens (tertiary/aromatic N) is 6. The third kappa shape index (κ3) is 4.28. The summed E-state index contributed by atoms with van der Waals surface area (Å²) >= 11 is 1.45. The number of hydrogen-bond donors (Lipinski definition) is 0. The second kappa shape index (κ2) is 8.78. The molecule has 0 saturated heterocycles. The van der Waals surface area contributed by atoms with E-state index in [1.54, 1.807) is 28.6 Å². The van der Waals surface area contributed by atoms with Crippen LogP contribution in [0.3, 0.4) is 0 Å². The molecular weight excluding hydrogens is 404 g/mol. The van der Waals surface area contributed by atoms with E-state index in [4.69, 9.17) is 0 Å². The Kier molecular flexibility index (Phi) is 6.35. The van der Waals surface area contributed by atoms with Gasteiger partial charge < -0.3 is 4.90 Å². The highest BCUT2D eigenvalue weighted by Gasteiger charge is 2.21. The first-order valence-corrected chi connectivity index (χ1v) is 10.7. The molecule has 3 rings (SSSR count). The van der Waals surface area contributed by atoms with Crippen molar-refractivity contribution in [1.82, 2.24) is 24.5 Å². The highest BCUT2D eigenvalue weighted by atomic mass is 32.2. The maximum atomic E-state index is 12.8. The number of thioether (sulfide) groups is 1. The normalized spacial score (nSPS) is 12.2. The molecule has 2 heterocycles. The molecule has 0 spiro atoms. The van der Waals surface area contributed by atoms with E-state index < -0.39 is 4.92 Å². The largest absolute Gasteiger partial charge is 0.339 e. The minimum atomic E-state index is -0.431. The average molecular weight is 429 g/mol. The molecule has 9 nitrogen and oxygen atoms in total. The lowest BCUT2D eigenvalue weighted by Crippen LogP contribution is -2.30. The second-order valence-corrected chi connectivity index (χ2v) is 7.88. The smallest absolute Gasteiger partial charge is 0.269 e. The van der Waals surface area contributed by atoms with Crippen LogP contribution in [-0.2, 0) is 11.2 Å². The maximum Gasteiger partial charge on any atom is 0.269 e. The number of fused-ring (bicyclic) bond motifs is 1. The van der Waals surface area contributed by atoms with E-state index in [1.807, 2.05) is 27.0 Å². The van der Waals surface area contributed by atoms with Gasteiger partial charge in [0.25, 0.3) is 11.5 Å². The molecule has 0 saturated carbocycles. The first-order chi connectivity index (χ1) is 14.2. The third-order valence-corrected chi connectivity index (χ3v) is 5.88. The van der Waals surface area contributed by atoms with Gasteiger partial charge in [0.1, 0.15) is 0 Å². The zero-order valence-corrected chi connectivity index (χ0v) is 18.4. The van der Waals surface area contributed by atoms with E-state index in [9.17, 15) is 14.9 Å². The number of rotatable bonds is 7. The number of non-ortho nitro benzene ring substituents is 1. The Morgan fingerprint density at radius 3 is 2.73 bits per heavy atom. The predicted molar refractivity (Wildman–Crippen MR) is 115 cm³/mol. The van der Waals surface area contributed by atoms with E-state index >= 15 is 0 Å². The number of benzene rings is 1. The zero-order valence-electron chi connectivity index (χ0n) is 17.6. The quantitative estimate of drug-likeness (QED) is 0.322. The second-order valence-electron chi connectivity index (χ2n) is 7.10. The minimum absolute atomic E-state index is 0.0169. The Morgan fingerprint density at radius 2 is 2.07 bits per heavy atom. The zero-order chi connectivity index (χ0) is 22.0. The number of nitro groups is 1. The fourth-order valence-corrected chi connectivity index (χ4v) is 3.72. The van der Waals surface area contributed by atoms with Gasteiger partial charge in [-0.1, -0.05) is 23.9 Å². The summed E-state index contributed by atoms with van der Waals surface area (Å²) < 4.78 is 1.72. The molecule has 3 aromatic rings. The molecule has 30 heavy (non-hydrogen) atoms. The van der Waals surface area contributed by atoms with Crippen LogP contribution in [0.5, 0.6) is 0 Å². The van der Waals surface area contributed by atoms with Crippen LogP contribution >= 0.6 is 11.8 Å². The van der Waals surface area contributed by atoms with Gasteiger partial charge in [0, 0.05) is 37.0 Å². The number of hydrogen-bond acceptors (Lipinski definition) is 7. The summed E-state index contributed by atoms with van der Waals surface area (Å²) in [4.78, 5) is 33.9. The van der Waals surface area contributed by atoms with Crippen molar-refractivity contribution in [3.05, 3.63) is 56.9 Å². The number of nitro benzene ring substituents is 1. The Hall–Kier alpha value is -3.01. The molecule has 1 atom stereocenters. The van der Waals surface area contributed by atoms with Crippen molar-refractivity contribution in [2.24, 2.45) is 0 Å². The molecular formula is C20H24N6O3S. The van der Waals surface area contributed by atoms with Gasteiger partial charge >= 0.3 is 0 Å². The van der Waals surface area contributed by atoms with Crippen LogP contribution in [0.25, 0.3) is 5.78 Å². The van der Waals surface area contributed by atoms with Crippen LogP contribution in [0.2, 0.25) is 0 Å². The van der Waals surface area contributed by atoms with Crippen LogP contribution in [0.15, 0.2) is 29.4 Å². The standard InChI is InChI=1S/C20H24N6O3S/c1-12-17(14(3)25-19(21-12)22-20(23-25)30-5)9-10-18(27)24(4)13(2)15-7-6-8-16(11-15)26(28)29/h6-8,11,13H,9-10H2,1-5H3. The Labute approximate surface area is 178 Å². The van der Waals surface area contributed by atoms with Crippen molar-refractivity contribution < 1.29 is 9.72 Å². The van der Waals surface area contributed by atoms with Crippen LogP contribution in [-0.4, -0.2) is 48.6 Å². The molecule has 0 radical (unpaired) electrons. The van der Waals surface area contributed by atoms with Crippen LogP contribution in [0.1, 0.15) is 41.9 Å². The molecule has 10 heteroatoms. The molecule has 1 unspecified atom stereocenters. The number of carbonyl (C=O) groups excluding carboxylic acids is 1. The van der Waals surface area contributed by atoms with Gasteiger partial charge in [-0.25, -0.2) is 9.50 Å². The minimum Gasteiger partial charge on any atom is -0.339 e. The van der Waals surface area contributed by atoms with Gasteiger partial charge in [-0.05, 0) is 44.6 Å². The number of aromatic nitrogens is 4. The number of carbonyl (C=O) groups is 1. The Balaban J connectivity index is 1.75. The van der Waals surface area contributed by atoms with E-state index in [1.165, 1.54) is 23.9 Å². The van der Waals surface area contributed by atoms with E-state index in [2.05, 4.69) is 15.1 Å². The summed E-state index contributed by atoms with van der Waals surface area (Å²) in [5.74, 6) is 0.511. The molecule has 1 aromatic carbocycles. The molecule has 0 aliphatic heterocycles. The van der Waals surface area contributed by atoms with Crippen molar-refractivity contribution in [2.75, 3.05) is 13.3 Å². The number of amides is 1. The van der Waals surface area contributed by atoms with Crippen molar-refractivity contribution in [3.8, 4) is 0 Å². The van der Waals surface area contributed by atoms with Gasteiger partial charge in [0.15, 0.2) is 0 Å². The summed E-state index contributed by atoms with van der Waals surface area (Å²) in [5, 5.41) is 16.1. The lowest BCUT2D eigenvalue weighted by atomic mass is 10.0. The molecule has 0 aliphatic rings. The average Bonchev–Trinajstić information content (AvgIpc) is 3.15. The fourth-order valence-electron chi connectivity index (χ4n) is 3.38. The van der Waals surface area contributed by atoms with Crippen molar-refractivity contribution in [1.29, 1.82) is 0 Å². The SMILES string of the molecule is CSc1nc2nc(C)c(CCC(=O)N(C)C(C)c3cccc([N+](=O)[O-])c3)c(C)n2n1. The van der Waals surface area contributed by atoms with Crippen molar-refractivity contribution in [2.45, 2.75) is 44.8 Å². The summed E-state index contributed by atoms with van der Waals surface area (Å²) in [6.45, 7) is 5.73. The van der Waals surface area contributed by atoms with Gasteiger partial charge in [0.2, 0.25) is 11.1 Å². The number of aryl methyl sites for hydroxylation is 2. The molecule has 1 amide bonds. The molecule has 158 valence electrons. The van der Waals surface area contributed by atoms with Gasteiger partial charge in [-0.3, -0.25) is 14.9 Å². The van der Waals surface area contributed by atoms with Crippen molar-refractivity contribution in [3.63, 3.8) is 0 Å². The highest BCUT2D eigenvalue weighted by molar-refractivity contribution is 7.98.